The van der Waals surface area contributed by atoms with Crippen molar-refractivity contribution in [2.45, 2.75) is 19.5 Å². The highest BCUT2D eigenvalue weighted by atomic mass is 127. The lowest BCUT2D eigenvalue weighted by Crippen LogP contribution is -2.42. The summed E-state index contributed by atoms with van der Waals surface area (Å²) >= 11 is 0. The Balaban J connectivity index is 0.00000512. The normalized spacial score (nSPS) is 12.2. The molecular weight excluding hydrogens is 527 g/mol. The number of benzene rings is 2. The van der Waals surface area contributed by atoms with Crippen molar-refractivity contribution in [2.24, 2.45) is 4.99 Å². The maximum Gasteiger partial charge on any atom is 0.253 e. The molecule has 2 aromatic rings. The van der Waals surface area contributed by atoms with Crippen LogP contribution in [0.3, 0.4) is 0 Å². The second-order valence-electron chi connectivity index (χ2n) is 7.59. The van der Waals surface area contributed by atoms with Crippen molar-refractivity contribution in [3.05, 3.63) is 70.8 Å². The minimum atomic E-state index is -0.574. The Morgan fingerprint density at radius 2 is 1.59 bits per heavy atom. The molecule has 0 saturated heterocycles. The van der Waals surface area contributed by atoms with Gasteiger partial charge in [0.2, 0.25) is 0 Å². The molecule has 0 spiro atoms. The molecule has 6 nitrogen and oxygen atoms in total. The summed E-state index contributed by atoms with van der Waals surface area (Å²) in [7, 11) is 6.98. The van der Waals surface area contributed by atoms with Gasteiger partial charge in [-0.2, -0.15) is 0 Å². The average molecular weight is 559 g/mol. The number of amides is 1. The van der Waals surface area contributed by atoms with Gasteiger partial charge < -0.3 is 20.4 Å². The molecule has 1 amide bonds. The van der Waals surface area contributed by atoms with E-state index in [2.05, 4.69) is 15.6 Å². The average Bonchev–Trinajstić information content (AvgIpc) is 2.73. The van der Waals surface area contributed by atoms with Crippen LogP contribution in [0.2, 0.25) is 0 Å². The Labute approximate surface area is 206 Å². The molecule has 2 aromatic carbocycles. The Morgan fingerprint density at radius 1 is 1.00 bits per heavy atom. The van der Waals surface area contributed by atoms with Gasteiger partial charge in [-0.05, 0) is 50.8 Å². The van der Waals surface area contributed by atoms with Gasteiger partial charge >= 0.3 is 0 Å². The van der Waals surface area contributed by atoms with Crippen LogP contribution in [0.4, 0.5) is 8.78 Å². The lowest BCUT2D eigenvalue weighted by Gasteiger charge is -2.26. The summed E-state index contributed by atoms with van der Waals surface area (Å²) < 4.78 is 28.5. The Kier molecular flexibility index (Phi) is 11.6. The monoisotopic (exact) mass is 559 g/mol. The fourth-order valence-corrected chi connectivity index (χ4v) is 3.09. The Morgan fingerprint density at radius 3 is 2.09 bits per heavy atom. The zero-order chi connectivity index (χ0) is 23.0. The predicted octanol–water partition coefficient (Wildman–Crippen LogP) is 3.64. The maximum absolute atomic E-state index is 14.3. The SMILES string of the molecule is CCNC(=NCc1ccc(C(=O)N(C)C)cc1)NCC(c1c(F)cccc1F)N(C)C.I. The first-order valence-electron chi connectivity index (χ1n) is 10.2. The molecule has 0 saturated carbocycles. The van der Waals surface area contributed by atoms with Crippen molar-refractivity contribution >= 4 is 35.8 Å². The number of halogens is 3. The van der Waals surface area contributed by atoms with Crippen LogP contribution in [0.5, 0.6) is 0 Å². The van der Waals surface area contributed by atoms with E-state index in [1.807, 2.05) is 19.1 Å². The quantitative estimate of drug-likeness (QED) is 0.295. The standard InChI is InChI=1S/C23H31F2N5O.HI/c1-6-26-23(27-14-16-10-12-17(13-11-16)22(31)30(4)5)28-15-20(29(2)3)21-18(24)8-7-9-19(21)25;/h7-13,20H,6,14-15H2,1-5H3,(H2,26,27,28);1H. The van der Waals surface area contributed by atoms with Crippen LogP contribution in [0.15, 0.2) is 47.5 Å². The van der Waals surface area contributed by atoms with Gasteiger partial charge in [-0.3, -0.25) is 4.79 Å². The van der Waals surface area contributed by atoms with Crippen LogP contribution in [-0.4, -0.2) is 62.9 Å². The molecule has 2 N–H and O–H groups in total. The largest absolute Gasteiger partial charge is 0.357 e. The van der Waals surface area contributed by atoms with Gasteiger partial charge in [-0.25, -0.2) is 13.8 Å². The van der Waals surface area contributed by atoms with E-state index >= 15 is 0 Å². The number of carbonyl (C=O) groups is 1. The summed E-state index contributed by atoms with van der Waals surface area (Å²) in [5.41, 5.74) is 1.58. The van der Waals surface area contributed by atoms with Crippen molar-refractivity contribution < 1.29 is 13.6 Å². The topological polar surface area (TPSA) is 60.0 Å². The maximum atomic E-state index is 14.3. The zero-order valence-corrected chi connectivity index (χ0v) is 21.5. The lowest BCUT2D eigenvalue weighted by molar-refractivity contribution is 0.0827. The van der Waals surface area contributed by atoms with E-state index in [0.29, 0.717) is 24.6 Å². The molecule has 32 heavy (non-hydrogen) atoms. The number of rotatable bonds is 8. The molecule has 0 radical (unpaired) electrons. The number of nitrogens with zero attached hydrogens (tertiary/aromatic N) is 3. The summed E-state index contributed by atoms with van der Waals surface area (Å²) in [4.78, 5) is 19.8. The number of hydrogen-bond donors (Lipinski definition) is 2. The highest BCUT2D eigenvalue weighted by molar-refractivity contribution is 14.0. The molecule has 176 valence electrons. The van der Waals surface area contributed by atoms with Crippen LogP contribution in [0, 0.1) is 11.6 Å². The Bertz CT molecular complexity index is 884. The van der Waals surface area contributed by atoms with Gasteiger partial charge in [-0.1, -0.05) is 18.2 Å². The number of aliphatic imine (C=N–C) groups is 1. The van der Waals surface area contributed by atoms with Crippen molar-refractivity contribution in [1.29, 1.82) is 0 Å². The molecule has 1 unspecified atom stereocenters. The molecular formula is C23H32F2IN5O. The fraction of sp³-hybridized carbons (Fsp3) is 0.391. The van der Waals surface area contributed by atoms with Gasteiger partial charge in [-0.15, -0.1) is 24.0 Å². The molecule has 9 heteroatoms. The first-order chi connectivity index (χ1) is 14.7. The van der Waals surface area contributed by atoms with E-state index in [4.69, 9.17) is 0 Å². The van der Waals surface area contributed by atoms with Gasteiger partial charge in [0, 0.05) is 38.3 Å². The first-order valence-corrected chi connectivity index (χ1v) is 10.2. The summed E-state index contributed by atoms with van der Waals surface area (Å²) in [5, 5.41) is 6.32. The van der Waals surface area contributed by atoms with Gasteiger partial charge in [0.05, 0.1) is 12.6 Å². The van der Waals surface area contributed by atoms with Crippen LogP contribution >= 0.6 is 24.0 Å². The van der Waals surface area contributed by atoms with Crippen molar-refractivity contribution in [3.8, 4) is 0 Å². The molecule has 0 fully saturated rings. The molecule has 2 rings (SSSR count). The number of nitrogens with one attached hydrogen (secondary N) is 2. The second-order valence-corrected chi connectivity index (χ2v) is 7.59. The first kappa shape index (κ1) is 27.8. The lowest BCUT2D eigenvalue weighted by atomic mass is 10.0. The van der Waals surface area contributed by atoms with E-state index in [-0.39, 0.29) is 42.0 Å². The highest BCUT2D eigenvalue weighted by Gasteiger charge is 2.22. The van der Waals surface area contributed by atoms with Crippen LogP contribution < -0.4 is 10.6 Å². The molecule has 0 aromatic heterocycles. The number of carbonyl (C=O) groups excluding carboxylic acids is 1. The van der Waals surface area contributed by atoms with Crippen molar-refractivity contribution in [2.75, 3.05) is 41.3 Å². The summed E-state index contributed by atoms with van der Waals surface area (Å²) in [6.07, 6.45) is 0. The summed E-state index contributed by atoms with van der Waals surface area (Å²) in [6.45, 7) is 3.25. The number of likely N-dealkylation sites (N-methyl/N-ethyl adjacent to an activating group) is 1. The minimum absolute atomic E-state index is 0. The molecule has 0 aliphatic carbocycles. The molecule has 0 heterocycles. The van der Waals surface area contributed by atoms with Gasteiger partial charge in [0.25, 0.3) is 5.91 Å². The number of hydrogen-bond acceptors (Lipinski definition) is 3. The van der Waals surface area contributed by atoms with E-state index in [1.165, 1.54) is 23.1 Å². The van der Waals surface area contributed by atoms with Crippen LogP contribution in [0.25, 0.3) is 0 Å². The van der Waals surface area contributed by atoms with Gasteiger partial charge in [0.1, 0.15) is 11.6 Å². The smallest absolute Gasteiger partial charge is 0.253 e. The van der Waals surface area contributed by atoms with Crippen LogP contribution in [0.1, 0.15) is 34.5 Å². The Hall–Kier alpha value is -2.27. The van der Waals surface area contributed by atoms with E-state index in [1.54, 1.807) is 45.2 Å². The summed E-state index contributed by atoms with van der Waals surface area (Å²) in [5.74, 6) is -0.663. The second kappa shape index (κ2) is 13.3. The molecule has 0 aliphatic rings. The van der Waals surface area contributed by atoms with Gasteiger partial charge in [0.15, 0.2) is 5.96 Å². The summed E-state index contributed by atoms with van der Waals surface area (Å²) in [6, 6.07) is 10.6. The number of guanidine groups is 1. The highest BCUT2D eigenvalue weighted by Crippen LogP contribution is 2.23. The van der Waals surface area contributed by atoms with E-state index < -0.39 is 17.7 Å². The third-order valence-corrected chi connectivity index (χ3v) is 4.79. The molecule has 1 atom stereocenters. The predicted molar refractivity (Wildman–Crippen MR) is 135 cm³/mol. The molecule has 0 bridgehead atoms. The van der Waals surface area contributed by atoms with Crippen molar-refractivity contribution in [3.63, 3.8) is 0 Å². The third-order valence-electron chi connectivity index (χ3n) is 4.79. The third kappa shape index (κ3) is 7.70. The zero-order valence-electron chi connectivity index (χ0n) is 19.2. The fourth-order valence-electron chi connectivity index (χ4n) is 3.09. The minimum Gasteiger partial charge on any atom is -0.357 e. The molecule has 0 aliphatic heterocycles. The van der Waals surface area contributed by atoms with E-state index in [0.717, 1.165) is 5.56 Å². The van der Waals surface area contributed by atoms with E-state index in [9.17, 15) is 13.6 Å². The van der Waals surface area contributed by atoms with Crippen molar-refractivity contribution in [1.82, 2.24) is 20.4 Å². The van der Waals surface area contributed by atoms with Crippen LogP contribution in [-0.2, 0) is 6.54 Å².